The molecule has 1 fully saturated rings. The molecule has 0 aromatic carbocycles. The molecule has 0 bridgehead atoms. The highest BCUT2D eigenvalue weighted by Gasteiger charge is 2.21. The van der Waals surface area contributed by atoms with Crippen LogP contribution in [-0.2, 0) is 14.3 Å². The van der Waals surface area contributed by atoms with E-state index in [9.17, 15) is 14.9 Å². The van der Waals surface area contributed by atoms with Crippen molar-refractivity contribution >= 4 is 23.5 Å². The molecule has 0 radical (unpaired) electrons. The Bertz CT molecular complexity index is 981. The zero-order chi connectivity index (χ0) is 18.7. The number of morpholine rings is 1. The third-order valence-electron chi connectivity index (χ3n) is 4.19. The second-order valence-corrected chi connectivity index (χ2v) is 5.80. The molecule has 0 N–H and O–H groups in total. The molecule has 1 aliphatic rings. The van der Waals surface area contributed by atoms with E-state index in [0.717, 1.165) is 5.56 Å². The van der Waals surface area contributed by atoms with Gasteiger partial charge in [-0.1, -0.05) is 6.07 Å². The lowest BCUT2D eigenvalue weighted by atomic mass is 10.1. The lowest BCUT2D eigenvalue weighted by molar-refractivity contribution is -0.135. The van der Waals surface area contributed by atoms with Crippen LogP contribution in [0.25, 0.3) is 11.7 Å². The quantitative estimate of drug-likeness (QED) is 0.459. The normalized spacial score (nSPS) is 15.0. The summed E-state index contributed by atoms with van der Waals surface area (Å²) in [5, 5.41) is 9.26. The Balaban J connectivity index is 2.30. The molecule has 0 spiro atoms. The van der Waals surface area contributed by atoms with Crippen LogP contribution in [0.2, 0.25) is 0 Å². The summed E-state index contributed by atoms with van der Waals surface area (Å²) >= 11 is 0. The molecule has 134 valence electrons. The van der Waals surface area contributed by atoms with Crippen molar-refractivity contribution in [2.24, 2.45) is 0 Å². The fraction of sp³-hybridized carbons (Fsp3) is 0.333. The van der Waals surface area contributed by atoms with Gasteiger partial charge in [-0.2, -0.15) is 5.26 Å². The number of aryl methyl sites for hydroxylation is 1. The van der Waals surface area contributed by atoms with Gasteiger partial charge in [-0.15, -0.1) is 0 Å². The van der Waals surface area contributed by atoms with Crippen molar-refractivity contribution in [3.63, 3.8) is 0 Å². The fourth-order valence-corrected chi connectivity index (χ4v) is 2.83. The number of pyridine rings is 1. The fourth-order valence-electron chi connectivity index (χ4n) is 2.83. The molecular weight excluding hydrogens is 336 g/mol. The smallest absolute Gasteiger partial charge is 0.348 e. The maximum absolute atomic E-state index is 13.1. The monoisotopic (exact) mass is 354 g/mol. The molecule has 1 saturated heterocycles. The molecule has 0 unspecified atom stereocenters. The minimum Gasteiger partial charge on any atom is -0.465 e. The zero-order valence-corrected chi connectivity index (χ0v) is 14.6. The Labute approximate surface area is 149 Å². The number of methoxy groups -OCH3 is 1. The van der Waals surface area contributed by atoms with Crippen LogP contribution in [0.3, 0.4) is 0 Å². The van der Waals surface area contributed by atoms with Gasteiger partial charge in [-0.05, 0) is 24.6 Å². The van der Waals surface area contributed by atoms with E-state index in [2.05, 4.69) is 9.72 Å². The van der Waals surface area contributed by atoms with Gasteiger partial charge >= 0.3 is 5.97 Å². The minimum atomic E-state index is -0.797. The maximum Gasteiger partial charge on any atom is 0.348 e. The summed E-state index contributed by atoms with van der Waals surface area (Å²) in [4.78, 5) is 31.4. The first-order valence-electron chi connectivity index (χ1n) is 8.11. The summed E-state index contributed by atoms with van der Waals surface area (Å²) in [6.07, 6.45) is 2.86. The summed E-state index contributed by atoms with van der Waals surface area (Å²) < 4.78 is 11.4. The Morgan fingerprint density at radius 1 is 1.42 bits per heavy atom. The van der Waals surface area contributed by atoms with Gasteiger partial charge in [-0.25, -0.2) is 9.78 Å². The molecule has 1 aliphatic heterocycles. The second kappa shape index (κ2) is 7.37. The van der Waals surface area contributed by atoms with E-state index >= 15 is 0 Å². The number of hydrogen-bond donors (Lipinski definition) is 0. The molecule has 26 heavy (non-hydrogen) atoms. The van der Waals surface area contributed by atoms with Crippen LogP contribution in [0.4, 0.5) is 5.82 Å². The second-order valence-electron chi connectivity index (χ2n) is 5.80. The largest absolute Gasteiger partial charge is 0.465 e. The molecule has 3 rings (SSSR count). The predicted molar refractivity (Wildman–Crippen MR) is 94.8 cm³/mol. The van der Waals surface area contributed by atoms with Crippen LogP contribution in [0.15, 0.2) is 28.7 Å². The maximum atomic E-state index is 13.1. The minimum absolute atomic E-state index is 0.178. The van der Waals surface area contributed by atoms with E-state index in [-0.39, 0.29) is 16.7 Å². The van der Waals surface area contributed by atoms with E-state index in [1.54, 1.807) is 18.3 Å². The highest BCUT2D eigenvalue weighted by molar-refractivity contribution is 5.98. The average molecular weight is 354 g/mol. The molecule has 0 aliphatic carbocycles. The highest BCUT2D eigenvalue weighted by atomic mass is 16.5. The standard InChI is InChI=1S/C18H18N4O4/c1-12-4-3-5-22-15(12)20-16(21-6-8-26-9-7-21)14(17(22)23)10-13(11-19)18(24)25-2/h3-5,10H,6-9H2,1-2H3. The van der Waals surface area contributed by atoms with Gasteiger partial charge < -0.3 is 14.4 Å². The average Bonchev–Trinajstić information content (AvgIpc) is 2.68. The summed E-state index contributed by atoms with van der Waals surface area (Å²) in [6, 6.07) is 5.40. The predicted octanol–water partition coefficient (Wildman–Crippen LogP) is 0.920. The van der Waals surface area contributed by atoms with E-state index < -0.39 is 5.97 Å². The Morgan fingerprint density at radius 3 is 2.81 bits per heavy atom. The summed E-state index contributed by atoms with van der Waals surface area (Å²) in [5.41, 5.74) is 0.957. The number of carbonyl (C=O) groups excluding carboxylic acids is 1. The van der Waals surface area contributed by atoms with Crippen molar-refractivity contribution in [3.05, 3.63) is 45.4 Å². The lowest BCUT2D eigenvalue weighted by Gasteiger charge is -2.29. The van der Waals surface area contributed by atoms with Crippen molar-refractivity contribution in [2.45, 2.75) is 6.92 Å². The number of carbonyl (C=O) groups is 1. The topological polar surface area (TPSA) is 96.9 Å². The van der Waals surface area contributed by atoms with Crippen molar-refractivity contribution < 1.29 is 14.3 Å². The molecule has 2 aromatic rings. The summed E-state index contributed by atoms with van der Waals surface area (Å²) in [5.74, 6) is -0.363. The number of fused-ring (bicyclic) bond motifs is 1. The molecular formula is C18H18N4O4. The van der Waals surface area contributed by atoms with Gasteiger partial charge in [0.05, 0.1) is 25.9 Å². The molecule has 8 heteroatoms. The van der Waals surface area contributed by atoms with Crippen molar-refractivity contribution in [1.82, 2.24) is 9.38 Å². The SMILES string of the molecule is COC(=O)C(C#N)=Cc1c(N2CCOCC2)nc2c(C)cccn2c1=O. The van der Waals surface area contributed by atoms with Crippen LogP contribution in [0.5, 0.6) is 0 Å². The molecule has 0 atom stereocenters. The number of rotatable bonds is 3. The van der Waals surface area contributed by atoms with E-state index in [4.69, 9.17) is 4.74 Å². The van der Waals surface area contributed by atoms with Gasteiger partial charge in [0.15, 0.2) is 0 Å². The molecule has 0 amide bonds. The van der Waals surface area contributed by atoms with Gasteiger partial charge in [0, 0.05) is 19.3 Å². The number of nitriles is 1. The van der Waals surface area contributed by atoms with Gasteiger partial charge in [0.25, 0.3) is 5.56 Å². The van der Waals surface area contributed by atoms with Gasteiger partial charge in [0.1, 0.15) is 23.1 Å². The van der Waals surface area contributed by atoms with Crippen molar-refractivity contribution in [1.29, 1.82) is 5.26 Å². The Kier molecular flexibility index (Phi) is 5.00. The van der Waals surface area contributed by atoms with Crippen molar-refractivity contribution in [2.75, 3.05) is 38.3 Å². The highest BCUT2D eigenvalue weighted by Crippen LogP contribution is 2.21. The first-order chi connectivity index (χ1) is 12.6. The Hall–Kier alpha value is -3.18. The molecule has 3 heterocycles. The first-order valence-corrected chi connectivity index (χ1v) is 8.11. The van der Waals surface area contributed by atoms with E-state index in [0.29, 0.717) is 37.8 Å². The van der Waals surface area contributed by atoms with Crippen LogP contribution in [-0.4, -0.2) is 48.8 Å². The number of nitrogens with zero attached hydrogens (tertiary/aromatic N) is 4. The van der Waals surface area contributed by atoms with Gasteiger partial charge in [0.2, 0.25) is 0 Å². The molecule has 2 aromatic heterocycles. The number of anilines is 1. The van der Waals surface area contributed by atoms with E-state index in [1.165, 1.54) is 17.6 Å². The van der Waals surface area contributed by atoms with Crippen LogP contribution >= 0.6 is 0 Å². The third kappa shape index (κ3) is 3.17. The first kappa shape index (κ1) is 17.6. The number of esters is 1. The zero-order valence-electron chi connectivity index (χ0n) is 14.6. The number of ether oxygens (including phenoxy) is 2. The van der Waals surface area contributed by atoms with Crippen molar-refractivity contribution in [3.8, 4) is 6.07 Å². The summed E-state index contributed by atoms with van der Waals surface area (Å²) in [7, 11) is 1.19. The molecule has 0 saturated carbocycles. The van der Waals surface area contributed by atoms with Crippen LogP contribution in [0, 0.1) is 18.3 Å². The third-order valence-corrected chi connectivity index (χ3v) is 4.19. The number of hydrogen-bond acceptors (Lipinski definition) is 7. The van der Waals surface area contributed by atoms with Gasteiger partial charge in [-0.3, -0.25) is 9.20 Å². The van der Waals surface area contributed by atoms with Crippen LogP contribution in [0.1, 0.15) is 11.1 Å². The molecule has 8 nitrogen and oxygen atoms in total. The summed E-state index contributed by atoms with van der Waals surface area (Å²) in [6.45, 7) is 4.03. The number of aromatic nitrogens is 2. The van der Waals surface area contributed by atoms with Crippen LogP contribution < -0.4 is 10.5 Å². The Morgan fingerprint density at radius 2 is 2.15 bits per heavy atom. The lowest BCUT2D eigenvalue weighted by Crippen LogP contribution is -2.38. The van der Waals surface area contributed by atoms with E-state index in [1.807, 2.05) is 17.9 Å².